The molecule has 0 heterocycles. The Morgan fingerprint density at radius 3 is 2.92 bits per heavy atom. The zero-order valence-corrected chi connectivity index (χ0v) is 8.54. The number of methoxy groups -OCH3 is 1. The van der Waals surface area contributed by atoms with Crippen LogP contribution >= 0.6 is 15.9 Å². The van der Waals surface area contributed by atoms with Crippen LogP contribution in [0.4, 0.5) is 0 Å². The van der Waals surface area contributed by atoms with E-state index < -0.39 is 0 Å². The Balaban J connectivity index is 2.40. The van der Waals surface area contributed by atoms with Crippen LogP contribution in [0.25, 0.3) is 0 Å². The van der Waals surface area contributed by atoms with Gasteiger partial charge in [-0.05, 0) is 17.5 Å². The first-order valence-electron chi connectivity index (χ1n) is 4.07. The van der Waals surface area contributed by atoms with Gasteiger partial charge in [0, 0.05) is 11.9 Å². The van der Waals surface area contributed by atoms with Gasteiger partial charge in [0.05, 0.1) is 6.10 Å². The molecule has 2 rings (SSSR count). The van der Waals surface area contributed by atoms with Gasteiger partial charge in [-0.3, -0.25) is 0 Å². The third kappa shape index (κ3) is 1.19. The van der Waals surface area contributed by atoms with E-state index in [0.29, 0.717) is 4.83 Å². The molecule has 1 aliphatic carbocycles. The summed E-state index contributed by atoms with van der Waals surface area (Å²) in [5.74, 6) is 0. The van der Waals surface area contributed by atoms with Gasteiger partial charge in [0.15, 0.2) is 0 Å². The van der Waals surface area contributed by atoms with Crippen LogP contribution in [0.2, 0.25) is 0 Å². The third-order valence-corrected chi connectivity index (χ3v) is 3.16. The van der Waals surface area contributed by atoms with Crippen LogP contribution in [0.15, 0.2) is 24.3 Å². The highest BCUT2D eigenvalue weighted by atomic mass is 79.9. The zero-order chi connectivity index (χ0) is 8.55. The number of fused-ring (bicyclic) bond motifs is 1. The minimum absolute atomic E-state index is 0.237. The lowest BCUT2D eigenvalue weighted by Gasteiger charge is -2.12. The van der Waals surface area contributed by atoms with E-state index in [9.17, 15) is 0 Å². The molecule has 0 bridgehead atoms. The Bertz CT molecular complexity index is 285. The van der Waals surface area contributed by atoms with E-state index >= 15 is 0 Å². The van der Waals surface area contributed by atoms with Crippen LogP contribution in [0.1, 0.15) is 17.2 Å². The van der Waals surface area contributed by atoms with Crippen molar-refractivity contribution in [3.8, 4) is 0 Å². The fraction of sp³-hybridized carbons (Fsp3) is 0.400. The normalized spacial score (nSPS) is 27.2. The van der Waals surface area contributed by atoms with Gasteiger partial charge in [0.25, 0.3) is 0 Å². The summed E-state index contributed by atoms with van der Waals surface area (Å²) in [6, 6.07) is 8.46. The first-order chi connectivity index (χ1) is 5.83. The van der Waals surface area contributed by atoms with Crippen LogP contribution in [-0.2, 0) is 11.2 Å². The average Bonchev–Trinajstić information content (AvgIpc) is 2.40. The Kier molecular flexibility index (Phi) is 2.20. The first-order valence-corrected chi connectivity index (χ1v) is 4.99. The monoisotopic (exact) mass is 226 g/mol. The topological polar surface area (TPSA) is 9.23 Å². The summed E-state index contributed by atoms with van der Waals surface area (Å²) in [6.07, 6.45) is 1.32. The average molecular weight is 227 g/mol. The maximum absolute atomic E-state index is 5.40. The minimum Gasteiger partial charge on any atom is -0.376 e. The van der Waals surface area contributed by atoms with E-state index in [1.54, 1.807) is 7.11 Å². The zero-order valence-electron chi connectivity index (χ0n) is 6.96. The Hall–Kier alpha value is -0.340. The van der Waals surface area contributed by atoms with Crippen molar-refractivity contribution in [2.75, 3.05) is 7.11 Å². The fourth-order valence-electron chi connectivity index (χ4n) is 1.78. The molecule has 0 saturated heterocycles. The largest absolute Gasteiger partial charge is 0.376 e. The molecule has 0 radical (unpaired) electrons. The van der Waals surface area contributed by atoms with Gasteiger partial charge in [-0.1, -0.05) is 40.2 Å². The van der Waals surface area contributed by atoms with Gasteiger partial charge >= 0.3 is 0 Å². The molecule has 1 aromatic carbocycles. The molecule has 2 atom stereocenters. The smallest absolute Gasteiger partial charge is 0.0951 e. The number of benzene rings is 1. The van der Waals surface area contributed by atoms with Crippen molar-refractivity contribution < 1.29 is 4.74 Å². The lowest BCUT2D eigenvalue weighted by atomic mass is 10.1. The Labute approximate surface area is 80.9 Å². The fourth-order valence-corrected chi connectivity index (χ4v) is 2.63. The lowest BCUT2D eigenvalue weighted by Crippen LogP contribution is -2.07. The second-order valence-corrected chi connectivity index (χ2v) is 4.25. The van der Waals surface area contributed by atoms with Gasteiger partial charge < -0.3 is 4.74 Å². The Morgan fingerprint density at radius 2 is 2.17 bits per heavy atom. The molecule has 0 saturated carbocycles. The van der Waals surface area contributed by atoms with Crippen molar-refractivity contribution in [2.24, 2.45) is 0 Å². The number of alkyl halides is 1. The molecule has 0 N–H and O–H groups in total. The molecular formula is C10H11BrO. The summed E-state index contributed by atoms with van der Waals surface area (Å²) < 4.78 is 5.40. The second kappa shape index (κ2) is 3.19. The molecular weight excluding hydrogens is 216 g/mol. The van der Waals surface area contributed by atoms with Crippen LogP contribution in [-0.4, -0.2) is 11.9 Å². The van der Waals surface area contributed by atoms with Gasteiger partial charge in [0.2, 0.25) is 0 Å². The number of rotatable bonds is 1. The van der Waals surface area contributed by atoms with Crippen LogP contribution in [0, 0.1) is 0 Å². The molecule has 0 spiro atoms. The third-order valence-electron chi connectivity index (χ3n) is 2.36. The van der Waals surface area contributed by atoms with Crippen molar-refractivity contribution in [1.82, 2.24) is 0 Å². The van der Waals surface area contributed by atoms with Crippen molar-refractivity contribution in [1.29, 1.82) is 0 Å². The molecule has 0 unspecified atom stereocenters. The SMILES string of the molecule is CO[C@H]1c2ccccc2C[C@@H]1Br. The summed E-state index contributed by atoms with van der Waals surface area (Å²) in [5.41, 5.74) is 2.74. The molecule has 12 heavy (non-hydrogen) atoms. The van der Waals surface area contributed by atoms with Crippen molar-refractivity contribution in [2.45, 2.75) is 17.4 Å². The van der Waals surface area contributed by atoms with Crippen molar-refractivity contribution in [3.05, 3.63) is 35.4 Å². The molecule has 2 heteroatoms. The molecule has 1 aromatic rings. The summed E-state index contributed by atoms with van der Waals surface area (Å²) in [4.78, 5) is 0.444. The van der Waals surface area contributed by atoms with Crippen LogP contribution in [0.5, 0.6) is 0 Å². The lowest BCUT2D eigenvalue weighted by molar-refractivity contribution is 0.111. The predicted octanol–water partition coefficient (Wildman–Crippen LogP) is 2.69. The first kappa shape index (κ1) is 8.27. The van der Waals surface area contributed by atoms with Crippen molar-refractivity contribution in [3.63, 3.8) is 0 Å². The van der Waals surface area contributed by atoms with Gasteiger partial charge in [-0.15, -0.1) is 0 Å². The second-order valence-electron chi connectivity index (χ2n) is 3.08. The number of hydrogen-bond donors (Lipinski definition) is 0. The molecule has 1 aliphatic rings. The number of ether oxygens (including phenoxy) is 1. The maximum atomic E-state index is 5.40. The predicted molar refractivity (Wildman–Crippen MR) is 52.6 cm³/mol. The molecule has 0 amide bonds. The molecule has 0 fully saturated rings. The van der Waals surface area contributed by atoms with Crippen LogP contribution in [0.3, 0.4) is 0 Å². The summed E-state index contributed by atoms with van der Waals surface area (Å²) >= 11 is 3.62. The van der Waals surface area contributed by atoms with E-state index in [0.717, 1.165) is 6.42 Å². The number of halogens is 1. The van der Waals surface area contributed by atoms with E-state index in [-0.39, 0.29) is 6.10 Å². The van der Waals surface area contributed by atoms with E-state index in [2.05, 4.69) is 40.2 Å². The quantitative estimate of drug-likeness (QED) is 0.670. The highest BCUT2D eigenvalue weighted by Crippen LogP contribution is 2.37. The summed E-state index contributed by atoms with van der Waals surface area (Å²) in [6.45, 7) is 0. The minimum atomic E-state index is 0.237. The molecule has 0 aliphatic heterocycles. The van der Waals surface area contributed by atoms with Crippen molar-refractivity contribution >= 4 is 15.9 Å². The molecule has 0 aromatic heterocycles. The van der Waals surface area contributed by atoms with Gasteiger partial charge in [-0.25, -0.2) is 0 Å². The molecule has 64 valence electrons. The molecule has 1 nitrogen and oxygen atoms in total. The van der Waals surface area contributed by atoms with E-state index in [1.807, 2.05) is 0 Å². The number of hydrogen-bond acceptors (Lipinski definition) is 1. The van der Waals surface area contributed by atoms with Gasteiger partial charge in [0.1, 0.15) is 0 Å². The highest BCUT2D eigenvalue weighted by molar-refractivity contribution is 9.09. The van der Waals surface area contributed by atoms with E-state index in [4.69, 9.17) is 4.74 Å². The standard InChI is InChI=1S/C10H11BrO/c1-12-10-8-5-3-2-4-7(8)6-9(10)11/h2-5,9-10H,6H2,1H3/t9-,10-/m0/s1. The maximum Gasteiger partial charge on any atom is 0.0951 e. The van der Waals surface area contributed by atoms with Gasteiger partial charge in [-0.2, -0.15) is 0 Å². The summed E-state index contributed by atoms with van der Waals surface area (Å²) in [7, 11) is 1.76. The van der Waals surface area contributed by atoms with E-state index in [1.165, 1.54) is 11.1 Å². The highest BCUT2D eigenvalue weighted by Gasteiger charge is 2.29. The van der Waals surface area contributed by atoms with Crippen LogP contribution < -0.4 is 0 Å². The Morgan fingerprint density at radius 1 is 1.42 bits per heavy atom. The summed E-state index contributed by atoms with van der Waals surface area (Å²) in [5, 5.41) is 0.